The first kappa shape index (κ1) is 21.1. The van der Waals surface area contributed by atoms with Gasteiger partial charge in [0.15, 0.2) is 5.13 Å². The number of pyridine rings is 1. The molecule has 4 aromatic rings. The first-order valence-electron chi connectivity index (χ1n) is 11.5. The zero-order valence-electron chi connectivity index (χ0n) is 18.6. The Labute approximate surface area is 200 Å². The Balaban J connectivity index is 1.29. The summed E-state index contributed by atoms with van der Waals surface area (Å²) in [7, 11) is 0. The molecule has 10 heteroatoms. The van der Waals surface area contributed by atoms with Gasteiger partial charge in [-0.05, 0) is 49.1 Å². The van der Waals surface area contributed by atoms with E-state index in [-0.39, 0.29) is 5.91 Å². The first-order valence-corrected chi connectivity index (χ1v) is 12.3. The van der Waals surface area contributed by atoms with Crippen LogP contribution in [0.3, 0.4) is 0 Å². The van der Waals surface area contributed by atoms with E-state index in [4.69, 9.17) is 9.72 Å². The van der Waals surface area contributed by atoms with Crippen molar-refractivity contribution in [1.82, 2.24) is 20.2 Å². The van der Waals surface area contributed by atoms with Crippen LogP contribution < -0.4 is 15.5 Å². The SMILES string of the molecule is O=C(Nc1cc2sc(N3CCOCC3)nc2cc1NCC1CC1)c1cccc(-c2ccn[nH]2)n1. The lowest BCUT2D eigenvalue weighted by atomic mass is 10.2. The van der Waals surface area contributed by atoms with Gasteiger partial charge in [-0.2, -0.15) is 5.10 Å². The summed E-state index contributed by atoms with van der Waals surface area (Å²) in [5.74, 6) is 0.444. The molecule has 2 aliphatic rings. The van der Waals surface area contributed by atoms with Gasteiger partial charge in [0.25, 0.3) is 5.91 Å². The molecule has 34 heavy (non-hydrogen) atoms. The van der Waals surface area contributed by atoms with Crippen molar-refractivity contribution in [3.8, 4) is 11.4 Å². The normalized spacial score (nSPS) is 16.1. The van der Waals surface area contributed by atoms with Crippen molar-refractivity contribution in [1.29, 1.82) is 0 Å². The molecule has 6 rings (SSSR count). The molecule has 0 unspecified atom stereocenters. The summed E-state index contributed by atoms with van der Waals surface area (Å²) >= 11 is 1.64. The van der Waals surface area contributed by atoms with Gasteiger partial charge in [0.2, 0.25) is 0 Å². The van der Waals surface area contributed by atoms with Gasteiger partial charge in [-0.25, -0.2) is 9.97 Å². The largest absolute Gasteiger partial charge is 0.383 e. The third-order valence-corrected chi connectivity index (χ3v) is 7.16. The molecule has 9 nitrogen and oxygen atoms in total. The quantitative estimate of drug-likeness (QED) is 0.371. The minimum Gasteiger partial charge on any atom is -0.383 e. The summed E-state index contributed by atoms with van der Waals surface area (Å²) in [5.41, 5.74) is 4.34. The number of fused-ring (bicyclic) bond motifs is 1. The van der Waals surface area contributed by atoms with E-state index in [0.717, 1.165) is 65.3 Å². The van der Waals surface area contributed by atoms with Gasteiger partial charge in [-0.1, -0.05) is 17.4 Å². The standard InChI is InChI=1S/C24H25N7O2S/c32-23(18-3-1-2-16(27-18)17-6-7-26-30-17)28-20-13-22-21(12-19(20)25-14-15-4-5-15)29-24(34-22)31-8-10-33-11-9-31/h1-3,6-7,12-13,15,25H,4-5,8-11,14H2,(H,26,30)(H,28,32). The molecule has 1 aromatic carbocycles. The Morgan fingerprint density at radius 3 is 2.82 bits per heavy atom. The Bertz CT molecular complexity index is 1310. The van der Waals surface area contributed by atoms with Crippen molar-refractivity contribution < 1.29 is 9.53 Å². The molecule has 0 spiro atoms. The number of H-pyrrole nitrogens is 1. The number of ether oxygens (including phenoxy) is 1. The fourth-order valence-electron chi connectivity index (χ4n) is 3.97. The zero-order valence-corrected chi connectivity index (χ0v) is 19.4. The van der Waals surface area contributed by atoms with Gasteiger partial charge in [-0.3, -0.25) is 9.89 Å². The van der Waals surface area contributed by atoms with Crippen LogP contribution in [0.25, 0.3) is 21.6 Å². The first-order chi connectivity index (χ1) is 16.7. The molecule has 1 aliphatic carbocycles. The van der Waals surface area contributed by atoms with Crippen molar-refractivity contribution in [2.75, 3.05) is 48.4 Å². The third-order valence-electron chi connectivity index (χ3n) is 6.08. The molecule has 3 N–H and O–H groups in total. The summed E-state index contributed by atoms with van der Waals surface area (Å²) in [6.45, 7) is 4.01. The van der Waals surface area contributed by atoms with Gasteiger partial charge >= 0.3 is 0 Å². The topological polar surface area (TPSA) is 108 Å². The van der Waals surface area contributed by atoms with Crippen LogP contribution in [0, 0.1) is 5.92 Å². The number of carbonyl (C=O) groups is 1. The highest BCUT2D eigenvalue weighted by molar-refractivity contribution is 7.22. The van der Waals surface area contributed by atoms with E-state index < -0.39 is 0 Å². The lowest BCUT2D eigenvalue weighted by Gasteiger charge is -2.25. The predicted molar refractivity (Wildman–Crippen MR) is 134 cm³/mol. The molecule has 1 amide bonds. The fraction of sp³-hybridized carbons (Fsp3) is 0.333. The maximum Gasteiger partial charge on any atom is 0.274 e. The van der Waals surface area contributed by atoms with E-state index in [0.29, 0.717) is 17.3 Å². The Kier molecular flexibility index (Phi) is 5.60. The van der Waals surface area contributed by atoms with Crippen LogP contribution in [-0.4, -0.2) is 58.9 Å². The van der Waals surface area contributed by atoms with E-state index in [1.165, 1.54) is 12.8 Å². The maximum absolute atomic E-state index is 13.2. The monoisotopic (exact) mass is 475 g/mol. The number of nitrogens with zero attached hydrogens (tertiary/aromatic N) is 4. The average Bonchev–Trinajstić information content (AvgIpc) is 3.36. The van der Waals surface area contributed by atoms with Gasteiger partial charge in [0.1, 0.15) is 5.69 Å². The Morgan fingerprint density at radius 2 is 2.03 bits per heavy atom. The van der Waals surface area contributed by atoms with Crippen molar-refractivity contribution in [2.24, 2.45) is 5.92 Å². The number of thiazole rings is 1. The van der Waals surface area contributed by atoms with E-state index in [9.17, 15) is 4.79 Å². The second kappa shape index (κ2) is 9.03. The molecule has 0 radical (unpaired) electrons. The fourth-order valence-corrected chi connectivity index (χ4v) is 5.01. The van der Waals surface area contributed by atoms with Crippen LogP contribution in [0.1, 0.15) is 23.3 Å². The number of morpholine rings is 1. The van der Waals surface area contributed by atoms with Crippen LogP contribution >= 0.6 is 11.3 Å². The molecule has 1 aliphatic heterocycles. The van der Waals surface area contributed by atoms with Gasteiger partial charge < -0.3 is 20.3 Å². The number of rotatable bonds is 7. The molecule has 1 saturated heterocycles. The van der Waals surface area contributed by atoms with Crippen LogP contribution in [0.15, 0.2) is 42.6 Å². The minimum atomic E-state index is -0.256. The molecule has 1 saturated carbocycles. The predicted octanol–water partition coefficient (Wildman–Crippen LogP) is 3.99. The third kappa shape index (κ3) is 4.46. The lowest BCUT2D eigenvalue weighted by molar-refractivity contribution is 0.102. The summed E-state index contributed by atoms with van der Waals surface area (Å²) < 4.78 is 6.51. The van der Waals surface area contributed by atoms with E-state index in [1.54, 1.807) is 23.6 Å². The Hall–Kier alpha value is -3.50. The van der Waals surface area contributed by atoms with Gasteiger partial charge in [-0.15, -0.1) is 0 Å². The number of hydrogen-bond acceptors (Lipinski definition) is 8. The van der Waals surface area contributed by atoms with Crippen LogP contribution in [0.2, 0.25) is 0 Å². The minimum absolute atomic E-state index is 0.256. The number of anilines is 3. The van der Waals surface area contributed by atoms with Gasteiger partial charge in [0.05, 0.1) is 46.2 Å². The van der Waals surface area contributed by atoms with Crippen LogP contribution in [-0.2, 0) is 4.74 Å². The number of aromatic nitrogens is 4. The summed E-state index contributed by atoms with van der Waals surface area (Å²) in [6, 6.07) is 11.3. The number of aromatic amines is 1. The number of nitrogens with one attached hydrogen (secondary N) is 3. The van der Waals surface area contributed by atoms with Gasteiger partial charge in [0, 0.05) is 25.8 Å². The molecular weight excluding hydrogens is 450 g/mol. The average molecular weight is 476 g/mol. The summed E-state index contributed by atoms with van der Waals surface area (Å²) in [4.78, 5) is 24.8. The molecule has 3 aromatic heterocycles. The second-order valence-electron chi connectivity index (χ2n) is 8.62. The maximum atomic E-state index is 13.2. The number of hydrogen-bond donors (Lipinski definition) is 3. The van der Waals surface area contributed by atoms with Crippen molar-refractivity contribution in [2.45, 2.75) is 12.8 Å². The zero-order chi connectivity index (χ0) is 22.9. The van der Waals surface area contributed by atoms with Crippen molar-refractivity contribution in [3.05, 3.63) is 48.3 Å². The van der Waals surface area contributed by atoms with Crippen molar-refractivity contribution >= 4 is 44.0 Å². The Morgan fingerprint density at radius 1 is 1.15 bits per heavy atom. The summed E-state index contributed by atoms with van der Waals surface area (Å²) in [5, 5.41) is 14.5. The molecule has 4 heterocycles. The van der Waals surface area contributed by atoms with E-state index in [1.807, 2.05) is 30.3 Å². The van der Waals surface area contributed by atoms with E-state index >= 15 is 0 Å². The molecule has 2 fully saturated rings. The smallest absolute Gasteiger partial charge is 0.274 e. The molecular formula is C24H25N7O2S. The molecule has 174 valence electrons. The van der Waals surface area contributed by atoms with Crippen LogP contribution in [0.5, 0.6) is 0 Å². The highest BCUT2D eigenvalue weighted by atomic mass is 32.1. The van der Waals surface area contributed by atoms with Crippen LogP contribution in [0.4, 0.5) is 16.5 Å². The number of benzene rings is 1. The highest BCUT2D eigenvalue weighted by Gasteiger charge is 2.22. The number of amides is 1. The number of carbonyl (C=O) groups excluding carboxylic acids is 1. The highest BCUT2D eigenvalue weighted by Crippen LogP contribution is 2.37. The van der Waals surface area contributed by atoms with E-state index in [2.05, 4.69) is 30.7 Å². The lowest BCUT2D eigenvalue weighted by Crippen LogP contribution is -2.36. The molecule has 0 bridgehead atoms. The van der Waals surface area contributed by atoms with Crippen molar-refractivity contribution in [3.63, 3.8) is 0 Å². The summed E-state index contributed by atoms with van der Waals surface area (Å²) in [6.07, 6.45) is 4.16. The second-order valence-corrected chi connectivity index (χ2v) is 9.63. The molecule has 0 atom stereocenters.